The third kappa shape index (κ3) is 3.75. The Balaban J connectivity index is 2.01. The number of aromatic nitrogens is 2. The molecule has 5 nitrogen and oxygen atoms in total. The number of hydrogen-bond donors (Lipinski definition) is 2. The van der Waals surface area contributed by atoms with Crippen LogP contribution >= 0.6 is 11.6 Å². The highest BCUT2D eigenvalue weighted by Gasteiger charge is 2.12. The van der Waals surface area contributed by atoms with Crippen molar-refractivity contribution < 1.29 is 9.18 Å². The molecule has 0 aliphatic carbocycles. The topological polar surface area (TPSA) is 74.8 Å². The van der Waals surface area contributed by atoms with Crippen molar-refractivity contribution in [1.29, 1.82) is 0 Å². The number of rotatable bonds is 4. The molecule has 0 radical (unpaired) electrons. The summed E-state index contributed by atoms with van der Waals surface area (Å²) in [6, 6.07) is 9.00. The van der Waals surface area contributed by atoms with Crippen LogP contribution in [0, 0.1) is 11.7 Å². The summed E-state index contributed by atoms with van der Waals surface area (Å²) in [7, 11) is 0. The molecule has 2 aromatic carbocycles. The minimum absolute atomic E-state index is 0.0609. The lowest BCUT2D eigenvalue weighted by molar-refractivity contribution is -0.124. The van der Waals surface area contributed by atoms with Crippen LogP contribution in [-0.4, -0.2) is 15.9 Å². The standard InChI is InChI=1S/C19H17ClFN3O2/c1-10(2)18(25)22-9-11-3-6-15(20)14(7-11)17-23-16-8-12(21)4-5-13(16)19(26)24-17/h3-8,10H,9H2,1-2H3,(H,22,25)(H,23,24,26). The molecule has 1 heterocycles. The number of amides is 1. The molecule has 3 rings (SSSR count). The van der Waals surface area contributed by atoms with Gasteiger partial charge in [0, 0.05) is 24.1 Å². The lowest BCUT2D eigenvalue weighted by atomic mass is 10.1. The molecule has 0 saturated carbocycles. The molecule has 7 heteroatoms. The Morgan fingerprint density at radius 1 is 1.27 bits per heavy atom. The van der Waals surface area contributed by atoms with E-state index in [0.29, 0.717) is 22.5 Å². The number of fused-ring (bicyclic) bond motifs is 1. The van der Waals surface area contributed by atoms with Crippen LogP contribution in [-0.2, 0) is 11.3 Å². The quantitative estimate of drug-likeness (QED) is 0.733. The number of carbonyl (C=O) groups excluding carboxylic acids is 1. The van der Waals surface area contributed by atoms with E-state index in [1.54, 1.807) is 18.2 Å². The molecule has 1 amide bonds. The van der Waals surface area contributed by atoms with Gasteiger partial charge in [0.15, 0.2) is 0 Å². The maximum absolute atomic E-state index is 13.5. The van der Waals surface area contributed by atoms with Gasteiger partial charge in [-0.2, -0.15) is 0 Å². The summed E-state index contributed by atoms with van der Waals surface area (Å²) < 4.78 is 13.5. The van der Waals surface area contributed by atoms with Crippen molar-refractivity contribution in [2.75, 3.05) is 0 Å². The van der Waals surface area contributed by atoms with Gasteiger partial charge < -0.3 is 10.3 Å². The average molecular weight is 374 g/mol. The Hall–Kier alpha value is -2.73. The fourth-order valence-corrected chi connectivity index (χ4v) is 2.70. The molecule has 0 unspecified atom stereocenters. The van der Waals surface area contributed by atoms with E-state index in [0.717, 1.165) is 5.56 Å². The Kier molecular flexibility index (Phi) is 5.04. The molecule has 0 atom stereocenters. The molecule has 26 heavy (non-hydrogen) atoms. The molecule has 134 valence electrons. The zero-order valence-corrected chi connectivity index (χ0v) is 15.0. The first-order valence-corrected chi connectivity index (χ1v) is 8.49. The van der Waals surface area contributed by atoms with Crippen LogP contribution in [0.1, 0.15) is 19.4 Å². The molecule has 3 aromatic rings. The van der Waals surface area contributed by atoms with Crippen LogP contribution in [0.4, 0.5) is 4.39 Å². The second kappa shape index (κ2) is 7.25. The van der Waals surface area contributed by atoms with Gasteiger partial charge in [0.1, 0.15) is 11.6 Å². The lowest BCUT2D eigenvalue weighted by Crippen LogP contribution is -2.27. The Labute approximate surface area is 154 Å². The summed E-state index contributed by atoms with van der Waals surface area (Å²) in [5.74, 6) is -0.405. The van der Waals surface area contributed by atoms with Crippen LogP contribution in [0.3, 0.4) is 0 Å². The minimum Gasteiger partial charge on any atom is -0.352 e. The number of nitrogens with zero attached hydrogens (tertiary/aromatic N) is 1. The predicted molar refractivity (Wildman–Crippen MR) is 99.5 cm³/mol. The molecule has 0 bridgehead atoms. The average Bonchev–Trinajstić information content (AvgIpc) is 2.60. The smallest absolute Gasteiger partial charge is 0.259 e. The second-order valence-electron chi connectivity index (χ2n) is 6.26. The van der Waals surface area contributed by atoms with Crippen molar-refractivity contribution in [3.05, 3.63) is 63.2 Å². The Bertz CT molecular complexity index is 1050. The third-order valence-electron chi connectivity index (χ3n) is 3.95. The van der Waals surface area contributed by atoms with E-state index < -0.39 is 5.82 Å². The van der Waals surface area contributed by atoms with E-state index in [2.05, 4.69) is 15.3 Å². The number of halogens is 2. The fraction of sp³-hybridized carbons (Fsp3) is 0.211. The Morgan fingerprint density at radius 2 is 2.04 bits per heavy atom. The summed E-state index contributed by atoms with van der Waals surface area (Å²) in [5.41, 5.74) is 1.18. The lowest BCUT2D eigenvalue weighted by Gasteiger charge is -2.10. The van der Waals surface area contributed by atoms with Crippen LogP contribution in [0.5, 0.6) is 0 Å². The van der Waals surface area contributed by atoms with Gasteiger partial charge in [-0.15, -0.1) is 0 Å². The maximum Gasteiger partial charge on any atom is 0.259 e. The van der Waals surface area contributed by atoms with Gasteiger partial charge in [0.2, 0.25) is 5.91 Å². The van der Waals surface area contributed by atoms with Gasteiger partial charge >= 0.3 is 0 Å². The zero-order valence-electron chi connectivity index (χ0n) is 14.3. The molecule has 1 aromatic heterocycles. The van der Waals surface area contributed by atoms with E-state index in [1.807, 2.05) is 13.8 Å². The molecular weight excluding hydrogens is 357 g/mol. The highest BCUT2D eigenvalue weighted by Crippen LogP contribution is 2.27. The summed E-state index contributed by atoms with van der Waals surface area (Å²) in [6.45, 7) is 3.95. The zero-order chi connectivity index (χ0) is 18.8. The summed E-state index contributed by atoms with van der Waals surface area (Å²) in [4.78, 5) is 31.0. The van der Waals surface area contributed by atoms with Crippen LogP contribution in [0.25, 0.3) is 22.3 Å². The van der Waals surface area contributed by atoms with Crippen LogP contribution < -0.4 is 10.9 Å². The number of nitrogens with one attached hydrogen (secondary N) is 2. The molecular formula is C19H17ClFN3O2. The number of hydrogen-bond acceptors (Lipinski definition) is 3. The van der Waals surface area contributed by atoms with E-state index in [9.17, 15) is 14.0 Å². The predicted octanol–water partition coefficient (Wildman–Crippen LogP) is 3.65. The van der Waals surface area contributed by atoms with Crippen molar-refractivity contribution in [1.82, 2.24) is 15.3 Å². The second-order valence-corrected chi connectivity index (χ2v) is 6.67. The van der Waals surface area contributed by atoms with E-state index in [4.69, 9.17) is 11.6 Å². The van der Waals surface area contributed by atoms with Crippen molar-refractivity contribution in [2.24, 2.45) is 5.92 Å². The number of benzene rings is 2. The van der Waals surface area contributed by atoms with Gasteiger partial charge in [-0.1, -0.05) is 31.5 Å². The third-order valence-corrected chi connectivity index (χ3v) is 4.28. The molecule has 0 fully saturated rings. The van der Waals surface area contributed by atoms with E-state index in [-0.39, 0.29) is 28.7 Å². The van der Waals surface area contributed by atoms with Gasteiger partial charge in [-0.3, -0.25) is 9.59 Å². The monoisotopic (exact) mass is 373 g/mol. The van der Waals surface area contributed by atoms with Gasteiger partial charge in [-0.25, -0.2) is 9.37 Å². The van der Waals surface area contributed by atoms with Crippen molar-refractivity contribution >= 4 is 28.4 Å². The SMILES string of the molecule is CC(C)C(=O)NCc1ccc(Cl)c(-c2nc3cc(F)ccc3c(=O)[nH]2)c1. The maximum atomic E-state index is 13.5. The molecule has 0 saturated heterocycles. The Morgan fingerprint density at radius 3 is 2.77 bits per heavy atom. The van der Waals surface area contributed by atoms with Gasteiger partial charge in [-0.05, 0) is 29.8 Å². The first kappa shape index (κ1) is 18.1. The highest BCUT2D eigenvalue weighted by molar-refractivity contribution is 6.33. The van der Waals surface area contributed by atoms with Gasteiger partial charge in [0.25, 0.3) is 5.56 Å². The summed E-state index contributed by atoms with van der Waals surface area (Å²) >= 11 is 6.26. The summed E-state index contributed by atoms with van der Waals surface area (Å²) in [5, 5.41) is 3.51. The first-order valence-electron chi connectivity index (χ1n) is 8.11. The van der Waals surface area contributed by atoms with Crippen molar-refractivity contribution in [2.45, 2.75) is 20.4 Å². The highest BCUT2D eigenvalue weighted by atomic mass is 35.5. The van der Waals surface area contributed by atoms with Crippen molar-refractivity contribution in [3.8, 4) is 11.4 Å². The first-order chi connectivity index (χ1) is 12.3. The van der Waals surface area contributed by atoms with Gasteiger partial charge in [0.05, 0.1) is 15.9 Å². The van der Waals surface area contributed by atoms with E-state index in [1.165, 1.54) is 18.2 Å². The van der Waals surface area contributed by atoms with Crippen molar-refractivity contribution in [3.63, 3.8) is 0 Å². The minimum atomic E-state index is -0.474. The molecule has 0 aliphatic heterocycles. The number of aromatic amines is 1. The summed E-state index contributed by atoms with van der Waals surface area (Å²) in [6.07, 6.45) is 0. The largest absolute Gasteiger partial charge is 0.352 e. The normalized spacial score (nSPS) is 11.1. The van der Waals surface area contributed by atoms with E-state index >= 15 is 0 Å². The molecule has 0 spiro atoms. The van der Waals surface area contributed by atoms with Crippen LogP contribution in [0.15, 0.2) is 41.2 Å². The fourth-order valence-electron chi connectivity index (χ4n) is 2.50. The van der Waals surface area contributed by atoms with Crippen LogP contribution in [0.2, 0.25) is 5.02 Å². The molecule has 0 aliphatic rings. The molecule has 2 N–H and O–H groups in total. The number of H-pyrrole nitrogens is 1. The number of carbonyl (C=O) groups is 1.